The average molecular weight is 482 g/mol. The van der Waals surface area contributed by atoms with Crippen molar-refractivity contribution in [3.8, 4) is 0 Å². The van der Waals surface area contributed by atoms with E-state index in [-0.39, 0.29) is 24.0 Å². The summed E-state index contributed by atoms with van der Waals surface area (Å²) in [5.41, 5.74) is 3.90. The van der Waals surface area contributed by atoms with E-state index < -0.39 is 0 Å². The number of halogens is 1. The number of hydrogen-bond acceptors (Lipinski definition) is 2. The highest BCUT2D eigenvalue weighted by atomic mass is 127. The molecule has 0 spiro atoms. The minimum absolute atomic E-state index is 0. The number of aryl methyl sites for hydroxylation is 1. The zero-order valence-electron chi connectivity index (χ0n) is 15.6. The van der Waals surface area contributed by atoms with Crippen molar-refractivity contribution in [1.29, 1.82) is 0 Å². The number of H-pyrrole nitrogens is 1. The predicted octanol–water partition coefficient (Wildman–Crippen LogP) is 4.45. The van der Waals surface area contributed by atoms with Crippen molar-refractivity contribution in [2.75, 3.05) is 27.2 Å². The van der Waals surface area contributed by atoms with Crippen molar-refractivity contribution in [3.05, 3.63) is 57.9 Å². The molecule has 4 nitrogen and oxygen atoms in total. The summed E-state index contributed by atoms with van der Waals surface area (Å²) in [5, 5.41) is 6.97. The van der Waals surface area contributed by atoms with E-state index in [0.717, 1.165) is 31.9 Å². The second-order valence-corrected chi connectivity index (χ2v) is 7.32. The second-order valence-electron chi connectivity index (χ2n) is 6.29. The Kier molecular flexibility index (Phi) is 7.96. The van der Waals surface area contributed by atoms with Gasteiger partial charge in [0, 0.05) is 49.2 Å². The number of guanidine groups is 1. The van der Waals surface area contributed by atoms with Crippen molar-refractivity contribution in [2.45, 2.75) is 19.8 Å². The zero-order chi connectivity index (χ0) is 17.6. The van der Waals surface area contributed by atoms with E-state index in [2.05, 4.69) is 76.1 Å². The fraction of sp³-hybridized carbons (Fsp3) is 0.350. The van der Waals surface area contributed by atoms with Crippen LogP contribution in [0.5, 0.6) is 0 Å². The molecule has 6 heteroatoms. The van der Waals surface area contributed by atoms with E-state index >= 15 is 0 Å². The van der Waals surface area contributed by atoms with Crippen LogP contribution in [0.1, 0.15) is 16.0 Å². The van der Waals surface area contributed by atoms with Crippen molar-refractivity contribution in [1.82, 2.24) is 15.2 Å². The molecule has 0 atom stereocenters. The third-order valence-electron chi connectivity index (χ3n) is 4.52. The van der Waals surface area contributed by atoms with Gasteiger partial charge in [-0.05, 0) is 48.4 Å². The Hall–Kier alpha value is -1.54. The number of aromatic nitrogens is 1. The van der Waals surface area contributed by atoms with Crippen LogP contribution in [0.3, 0.4) is 0 Å². The van der Waals surface area contributed by atoms with Gasteiger partial charge in [-0.15, -0.1) is 35.3 Å². The third kappa shape index (κ3) is 5.01. The number of likely N-dealkylation sites (N-methyl/N-ethyl adjacent to an activating group) is 1. The van der Waals surface area contributed by atoms with Gasteiger partial charge < -0.3 is 15.2 Å². The molecule has 3 aromatic rings. The first-order chi connectivity index (χ1) is 12.2. The first kappa shape index (κ1) is 20.8. The van der Waals surface area contributed by atoms with Gasteiger partial charge in [-0.3, -0.25) is 4.99 Å². The minimum Gasteiger partial charge on any atom is -0.361 e. The van der Waals surface area contributed by atoms with E-state index in [4.69, 9.17) is 0 Å². The molecule has 1 aromatic carbocycles. The Morgan fingerprint density at radius 1 is 1.23 bits per heavy atom. The molecule has 0 fully saturated rings. The van der Waals surface area contributed by atoms with Gasteiger partial charge in [-0.2, -0.15) is 0 Å². The predicted molar refractivity (Wildman–Crippen MR) is 124 cm³/mol. The number of aliphatic imine (C=N–C) groups is 1. The lowest BCUT2D eigenvalue weighted by molar-refractivity contribution is 0.487. The molecule has 3 rings (SSSR count). The van der Waals surface area contributed by atoms with E-state index in [0.29, 0.717) is 0 Å². The molecule has 0 aliphatic heterocycles. The highest BCUT2D eigenvalue weighted by Crippen LogP contribution is 2.22. The van der Waals surface area contributed by atoms with E-state index in [9.17, 15) is 0 Å². The highest BCUT2D eigenvalue weighted by molar-refractivity contribution is 14.0. The summed E-state index contributed by atoms with van der Waals surface area (Å²) < 4.78 is 0. The molecule has 0 unspecified atom stereocenters. The van der Waals surface area contributed by atoms with Gasteiger partial charge in [0.05, 0.1) is 0 Å². The molecule has 0 aliphatic carbocycles. The lowest BCUT2D eigenvalue weighted by Gasteiger charge is -2.21. The molecule has 2 N–H and O–H groups in total. The van der Waals surface area contributed by atoms with Gasteiger partial charge in [-0.25, -0.2) is 0 Å². The summed E-state index contributed by atoms with van der Waals surface area (Å²) >= 11 is 1.81. The maximum absolute atomic E-state index is 4.41. The summed E-state index contributed by atoms with van der Waals surface area (Å²) in [7, 11) is 3.94. The Labute approximate surface area is 176 Å². The van der Waals surface area contributed by atoms with Crippen LogP contribution in [-0.4, -0.2) is 43.0 Å². The van der Waals surface area contributed by atoms with E-state index in [1.54, 1.807) is 0 Å². The fourth-order valence-corrected chi connectivity index (χ4v) is 3.88. The molecular formula is C20H27IN4S. The smallest absolute Gasteiger partial charge is 0.193 e. The Morgan fingerprint density at radius 2 is 2.08 bits per heavy atom. The van der Waals surface area contributed by atoms with Crippen molar-refractivity contribution >= 4 is 52.2 Å². The number of fused-ring (bicyclic) bond motifs is 1. The lowest BCUT2D eigenvalue weighted by atomic mass is 10.1. The monoisotopic (exact) mass is 482 g/mol. The van der Waals surface area contributed by atoms with Crippen LogP contribution in [0, 0.1) is 6.92 Å². The SMILES string of the molecule is CN=C(NCCc1c[nH]c2cccc(C)c12)N(C)CCc1cccs1.I. The Morgan fingerprint density at radius 3 is 2.81 bits per heavy atom. The molecule has 140 valence electrons. The normalized spacial score (nSPS) is 11.4. The van der Waals surface area contributed by atoms with Crippen LogP contribution in [0.4, 0.5) is 0 Å². The molecule has 0 radical (unpaired) electrons. The number of thiophene rings is 1. The zero-order valence-corrected chi connectivity index (χ0v) is 18.7. The second kappa shape index (κ2) is 9.97. The molecule has 0 bridgehead atoms. The number of benzene rings is 1. The first-order valence-corrected chi connectivity index (χ1v) is 9.56. The van der Waals surface area contributed by atoms with Crippen molar-refractivity contribution in [3.63, 3.8) is 0 Å². The minimum atomic E-state index is 0. The number of nitrogens with zero attached hydrogens (tertiary/aromatic N) is 2. The van der Waals surface area contributed by atoms with Crippen LogP contribution in [-0.2, 0) is 12.8 Å². The largest absolute Gasteiger partial charge is 0.361 e. The molecule has 2 aromatic heterocycles. The van der Waals surface area contributed by atoms with Gasteiger partial charge in [0.15, 0.2) is 5.96 Å². The fourth-order valence-electron chi connectivity index (χ4n) is 3.18. The summed E-state index contributed by atoms with van der Waals surface area (Å²) in [6.07, 6.45) is 4.15. The van der Waals surface area contributed by atoms with Crippen LogP contribution in [0.25, 0.3) is 10.9 Å². The topological polar surface area (TPSA) is 43.4 Å². The molecule has 2 heterocycles. The third-order valence-corrected chi connectivity index (χ3v) is 5.46. The van der Waals surface area contributed by atoms with Crippen LogP contribution in [0.2, 0.25) is 0 Å². The average Bonchev–Trinajstić information content (AvgIpc) is 3.27. The lowest BCUT2D eigenvalue weighted by Crippen LogP contribution is -2.40. The number of nitrogens with one attached hydrogen (secondary N) is 2. The van der Waals surface area contributed by atoms with E-state index in [1.165, 1.54) is 26.9 Å². The molecule has 0 saturated heterocycles. The van der Waals surface area contributed by atoms with Gasteiger partial charge in [0.1, 0.15) is 0 Å². The van der Waals surface area contributed by atoms with E-state index in [1.807, 2.05) is 18.4 Å². The Bertz CT molecular complexity index is 839. The van der Waals surface area contributed by atoms with Crippen LogP contribution in [0.15, 0.2) is 46.9 Å². The van der Waals surface area contributed by atoms with Gasteiger partial charge >= 0.3 is 0 Å². The number of hydrogen-bond donors (Lipinski definition) is 2. The quantitative estimate of drug-likeness (QED) is 0.310. The standard InChI is InChI=1S/C20H26N4S.HI/c1-15-6-4-8-18-19(15)16(14-23-18)9-11-22-20(21-2)24(3)12-10-17-7-5-13-25-17;/h4-8,13-14,23H,9-12H2,1-3H3,(H,21,22);1H. The molecule has 0 aliphatic rings. The molecule has 26 heavy (non-hydrogen) atoms. The maximum Gasteiger partial charge on any atom is 0.193 e. The molecule has 0 amide bonds. The van der Waals surface area contributed by atoms with Gasteiger partial charge in [0.2, 0.25) is 0 Å². The maximum atomic E-state index is 4.41. The van der Waals surface area contributed by atoms with Crippen LogP contribution < -0.4 is 5.32 Å². The van der Waals surface area contributed by atoms with Crippen molar-refractivity contribution in [2.24, 2.45) is 4.99 Å². The summed E-state index contributed by atoms with van der Waals surface area (Å²) in [6, 6.07) is 10.7. The van der Waals surface area contributed by atoms with Gasteiger partial charge in [-0.1, -0.05) is 18.2 Å². The van der Waals surface area contributed by atoms with Gasteiger partial charge in [0.25, 0.3) is 0 Å². The highest BCUT2D eigenvalue weighted by Gasteiger charge is 2.08. The number of rotatable bonds is 6. The van der Waals surface area contributed by atoms with Crippen LogP contribution >= 0.6 is 35.3 Å². The Balaban J connectivity index is 0.00000243. The summed E-state index contributed by atoms with van der Waals surface area (Å²) in [6.45, 7) is 4.01. The summed E-state index contributed by atoms with van der Waals surface area (Å²) in [5.74, 6) is 0.952. The first-order valence-electron chi connectivity index (χ1n) is 8.69. The van der Waals surface area contributed by atoms with Crippen molar-refractivity contribution < 1.29 is 0 Å². The summed E-state index contributed by atoms with van der Waals surface area (Å²) in [4.78, 5) is 11.4. The number of aromatic amines is 1. The molecule has 0 saturated carbocycles. The molecular weight excluding hydrogens is 455 g/mol.